The summed E-state index contributed by atoms with van der Waals surface area (Å²) in [6.07, 6.45) is -1.72. The summed E-state index contributed by atoms with van der Waals surface area (Å²) in [6, 6.07) is 11.8. The second-order valence-corrected chi connectivity index (χ2v) is 9.23. The third kappa shape index (κ3) is 5.08. The molecule has 2 aromatic carbocycles. The number of rotatable bonds is 7. The van der Waals surface area contributed by atoms with Crippen molar-refractivity contribution in [1.29, 1.82) is 0 Å². The van der Waals surface area contributed by atoms with E-state index in [0.717, 1.165) is 31.4 Å². The van der Waals surface area contributed by atoms with Crippen molar-refractivity contribution in [3.8, 4) is 5.69 Å². The summed E-state index contributed by atoms with van der Waals surface area (Å²) in [5.41, 5.74) is 7.41. The van der Waals surface area contributed by atoms with Gasteiger partial charge in [0.1, 0.15) is 16.9 Å². The fourth-order valence-corrected chi connectivity index (χ4v) is 4.17. The van der Waals surface area contributed by atoms with Crippen molar-refractivity contribution in [2.45, 2.75) is 52.3 Å². The van der Waals surface area contributed by atoms with E-state index in [0.29, 0.717) is 17.0 Å². The molecule has 0 radical (unpaired) electrons. The summed E-state index contributed by atoms with van der Waals surface area (Å²) >= 11 is 0. The summed E-state index contributed by atoms with van der Waals surface area (Å²) in [5, 5.41) is 2.97. The number of carbonyl (C=O) groups excluding carboxylic acids is 1. The highest BCUT2D eigenvalue weighted by molar-refractivity contribution is 6.11. The lowest BCUT2D eigenvalue weighted by Crippen LogP contribution is -2.33. The molecular formula is C26H28F3N5O. The molecule has 4 aromatic rings. The molecule has 35 heavy (non-hydrogen) atoms. The van der Waals surface area contributed by atoms with E-state index < -0.39 is 17.6 Å². The third-order valence-electron chi connectivity index (χ3n) is 5.95. The van der Waals surface area contributed by atoms with Gasteiger partial charge in [-0.3, -0.25) is 9.36 Å². The Hall–Kier alpha value is -3.62. The predicted octanol–water partition coefficient (Wildman–Crippen LogP) is 6.12. The van der Waals surface area contributed by atoms with Gasteiger partial charge in [-0.05, 0) is 49.6 Å². The molecule has 0 saturated heterocycles. The summed E-state index contributed by atoms with van der Waals surface area (Å²) in [7, 11) is 0. The lowest BCUT2D eigenvalue weighted by Gasteiger charge is -2.15. The Labute approximate surface area is 201 Å². The van der Waals surface area contributed by atoms with Crippen LogP contribution in [0.2, 0.25) is 0 Å². The lowest BCUT2D eigenvalue weighted by molar-refractivity contribution is -0.137. The van der Waals surface area contributed by atoms with Crippen LogP contribution in [-0.4, -0.2) is 26.5 Å². The first-order valence-electron chi connectivity index (χ1n) is 11.6. The Kier molecular flexibility index (Phi) is 6.69. The van der Waals surface area contributed by atoms with Gasteiger partial charge in [-0.2, -0.15) is 13.2 Å². The van der Waals surface area contributed by atoms with Gasteiger partial charge in [0, 0.05) is 11.7 Å². The molecule has 0 bridgehead atoms. The number of amides is 1. The van der Waals surface area contributed by atoms with Crippen molar-refractivity contribution >= 4 is 33.9 Å². The Morgan fingerprint density at radius 2 is 1.71 bits per heavy atom. The van der Waals surface area contributed by atoms with E-state index in [1.807, 2.05) is 6.92 Å². The van der Waals surface area contributed by atoms with E-state index in [-0.39, 0.29) is 34.3 Å². The van der Waals surface area contributed by atoms with Gasteiger partial charge in [-0.15, -0.1) is 0 Å². The van der Waals surface area contributed by atoms with Crippen molar-refractivity contribution < 1.29 is 18.0 Å². The van der Waals surface area contributed by atoms with Crippen LogP contribution in [0.15, 0.2) is 48.5 Å². The van der Waals surface area contributed by atoms with Gasteiger partial charge in [-0.25, -0.2) is 9.97 Å². The molecule has 0 saturated carbocycles. The molecule has 9 heteroatoms. The minimum atomic E-state index is -4.53. The number of hydrogen-bond donors (Lipinski definition) is 2. The molecule has 4 rings (SSSR count). The largest absolute Gasteiger partial charge is 0.416 e. The minimum Gasteiger partial charge on any atom is -0.384 e. The van der Waals surface area contributed by atoms with Gasteiger partial charge in [-0.1, -0.05) is 44.9 Å². The number of benzene rings is 2. The quantitative estimate of drug-likeness (QED) is 0.332. The molecule has 0 fully saturated rings. The van der Waals surface area contributed by atoms with E-state index in [4.69, 9.17) is 5.73 Å². The summed E-state index contributed by atoms with van der Waals surface area (Å²) in [6.45, 7) is 6.21. The first kappa shape index (κ1) is 24.5. The van der Waals surface area contributed by atoms with Gasteiger partial charge in [0.25, 0.3) is 5.91 Å². The molecule has 3 N–H and O–H groups in total. The van der Waals surface area contributed by atoms with Crippen LogP contribution in [0.25, 0.3) is 27.9 Å². The Morgan fingerprint density at radius 1 is 1.03 bits per heavy atom. The number of halogens is 3. The van der Waals surface area contributed by atoms with Gasteiger partial charge in [0.05, 0.1) is 16.6 Å². The van der Waals surface area contributed by atoms with E-state index in [2.05, 4.69) is 29.1 Å². The number of para-hydroxylation sites is 2. The summed E-state index contributed by atoms with van der Waals surface area (Å²) in [4.78, 5) is 22.6. The normalized spacial score (nSPS) is 13.0. The van der Waals surface area contributed by atoms with Crippen molar-refractivity contribution in [2.75, 3.05) is 5.73 Å². The van der Waals surface area contributed by atoms with Gasteiger partial charge in [0.2, 0.25) is 0 Å². The minimum absolute atomic E-state index is 0.0125. The fourth-order valence-electron chi connectivity index (χ4n) is 4.17. The van der Waals surface area contributed by atoms with Crippen LogP contribution in [0.5, 0.6) is 0 Å². The molecule has 2 aromatic heterocycles. The van der Waals surface area contributed by atoms with Crippen LogP contribution in [-0.2, 0) is 6.18 Å². The SMILES string of the molecule is CC(C)CCC[C@@H](C)NC(=O)c1c(N)n(-c2cccc(C(F)(F)F)c2)c2nc3ccccc3nc12. The molecule has 184 valence electrons. The average molecular weight is 484 g/mol. The predicted molar refractivity (Wildman–Crippen MR) is 131 cm³/mol. The summed E-state index contributed by atoms with van der Waals surface area (Å²) in [5.74, 6) is 0.129. The number of aromatic nitrogens is 3. The highest BCUT2D eigenvalue weighted by Crippen LogP contribution is 2.34. The number of alkyl halides is 3. The molecule has 6 nitrogen and oxygen atoms in total. The van der Waals surface area contributed by atoms with Crippen LogP contribution in [0.3, 0.4) is 0 Å². The number of nitrogens with one attached hydrogen (secondary N) is 1. The Balaban J connectivity index is 1.83. The van der Waals surface area contributed by atoms with E-state index >= 15 is 0 Å². The first-order valence-corrected chi connectivity index (χ1v) is 11.6. The Morgan fingerprint density at radius 3 is 2.37 bits per heavy atom. The number of hydrogen-bond acceptors (Lipinski definition) is 4. The fraction of sp³-hybridized carbons (Fsp3) is 0.346. The smallest absolute Gasteiger partial charge is 0.384 e. The maximum absolute atomic E-state index is 13.4. The maximum Gasteiger partial charge on any atom is 0.416 e. The monoisotopic (exact) mass is 483 g/mol. The highest BCUT2D eigenvalue weighted by atomic mass is 19.4. The number of carbonyl (C=O) groups is 1. The first-order chi connectivity index (χ1) is 16.6. The number of nitrogens with two attached hydrogens (primary N) is 1. The zero-order chi connectivity index (χ0) is 25.3. The number of nitrogens with zero attached hydrogens (tertiary/aromatic N) is 3. The zero-order valence-electron chi connectivity index (χ0n) is 19.9. The molecule has 1 atom stereocenters. The number of anilines is 1. The van der Waals surface area contributed by atoms with Crippen LogP contribution in [0, 0.1) is 5.92 Å². The standard InChI is InChI=1S/C26H28F3N5O/c1-15(2)8-6-9-16(3)31-25(35)21-22-24(33-20-13-5-4-12-19(20)32-22)34(23(21)30)18-11-7-10-17(14-18)26(27,28)29/h4-5,7,10-16H,6,8-9,30H2,1-3H3,(H,31,35)/t16-/m1/s1. The molecule has 0 aliphatic heterocycles. The Bertz CT molecular complexity index is 1380. The number of nitrogen functional groups attached to an aromatic ring is 1. The summed E-state index contributed by atoms with van der Waals surface area (Å²) < 4.78 is 41.6. The molecule has 0 aliphatic carbocycles. The van der Waals surface area contributed by atoms with Gasteiger partial charge < -0.3 is 11.1 Å². The van der Waals surface area contributed by atoms with Crippen molar-refractivity contribution in [1.82, 2.24) is 19.9 Å². The molecule has 0 unspecified atom stereocenters. The molecule has 0 spiro atoms. The third-order valence-corrected chi connectivity index (χ3v) is 5.95. The van der Waals surface area contributed by atoms with Crippen molar-refractivity contribution in [3.05, 3.63) is 59.7 Å². The van der Waals surface area contributed by atoms with E-state index in [1.54, 1.807) is 24.3 Å². The highest BCUT2D eigenvalue weighted by Gasteiger charge is 2.31. The molecule has 2 heterocycles. The van der Waals surface area contributed by atoms with Crippen LogP contribution in [0.1, 0.15) is 56.0 Å². The van der Waals surface area contributed by atoms with Gasteiger partial charge in [0.15, 0.2) is 5.65 Å². The molecule has 1 amide bonds. The second-order valence-electron chi connectivity index (χ2n) is 9.23. The van der Waals surface area contributed by atoms with Gasteiger partial charge >= 0.3 is 6.18 Å². The average Bonchev–Trinajstić information content (AvgIpc) is 3.07. The van der Waals surface area contributed by atoms with Crippen LogP contribution < -0.4 is 11.1 Å². The molecular weight excluding hydrogens is 455 g/mol. The van der Waals surface area contributed by atoms with Crippen molar-refractivity contribution in [3.63, 3.8) is 0 Å². The zero-order valence-corrected chi connectivity index (χ0v) is 19.9. The second kappa shape index (κ2) is 9.56. The van der Waals surface area contributed by atoms with E-state index in [9.17, 15) is 18.0 Å². The number of fused-ring (bicyclic) bond motifs is 2. The van der Waals surface area contributed by atoms with Crippen LogP contribution >= 0.6 is 0 Å². The van der Waals surface area contributed by atoms with Crippen LogP contribution in [0.4, 0.5) is 19.0 Å². The molecule has 0 aliphatic rings. The van der Waals surface area contributed by atoms with E-state index in [1.165, 1.54) is 16.7 Å². The lowest BCUT2D eigenvalue weighted by atomic mass is 10.0. The maximum atomic E-state index is 13.4. The van der Waals surface area contributed by atoms with Crippen molar-refractivity contribution in [2.24, 2.45) is 5.92 Å². The topological polar surface area (TPSA) is 85.8 Å².